The third-order valence-electron chi connectivity index (χ3n) is 5.13. The Kier molecular flexibility index (Phi) is 4.38. The van der Waals surface area contributed by atoms with Crippen molar-refractivity contribution in [3.8, 4) is 5.75 Å². The van der Waals surface area contributed by atoms with Gasteiger partial charge in [0.25, 0.3) is 0 Å². The fraction of sp³-hybridized carbons (Fsp3) is 0.368. The maximum absolute atomic E-state index is 11.3. The first-order valence-corrected chi connectivity index (χ1v) is 10.4. The maximum atomic E-state index is 11.3. The van der Waals surface area contributed by atoms with Gasteiger partial charge in [-0.1, -0.05) is 18.6 Å². The molecule has 138 valence electrons. The molecule has 1 atom stereocenters. The number of hydrogen-bond acceptors (Lipinski definition) is 5. The predicted octanol–water partition coefficient (Wildman–Crippen LogP) is 4.55. The van der Waals surface area contributed by atoms with Gasteiger partial charge in [-0.05, 0) is 37.5 Å². The molecular weight excluding hydrogens is 350 g/mol. The van der Waals surface area contributed by atoms with E-state index in [1.54, 1.807) is 17.9 Å². The minimum absolute atomic E-state index is 0.321. The fourth-order valence-electron chi connectivity index (χ4n) is 3.82. The van der Waals surface area contributed by atoms with Crippen LogP contribution in [-0.2, 0) is 13.5 Å². The second kappa shape index (κ2) is 6.57. The number of hydrogen-bond donors (Lipinski definition) is 2. The van der Waals surface area contributed by atoms with Gasteiger partial charge in [-0.15, -0.1) is 10.6 Å². The zero-order chi connectivity index (χ0) is 18.3. The number of fused-ring (bicyclic) bond motifs is 2. The van der Waals surface area contributed by atoms with E-state index in [2.05, 4.69) is 9.97 Å². The van der Waals surface area contributed by atoms with E-state index in [-0.39, 0.29) is 0 Å². The summed E-state index contributed by atoms with van der Waals surface area (Å²) in [5.41, 5.74) is 3.36. The van der Waals surface area contributed by atoms with Crippen molar-refractivity contribution in [2.45, 2.75) is 36.1 Å². The molecule has 7 heteroatoms. The highest BCUT2D eigenvalue weighted by atomic mass is 32.3. The number of aromatic nitrogens is 3. The van der Waals surface area contributed by atoms with E-state index in [1.165, 1.54) is 0 Å². The molecule has 0 fully saturated rings. The van der Waals surface area contributed by atoms with Crippen LogP contribution in [0.5, 0.6) is 5.75 Å². The van der Waals surface area contributed by atoms with E-state index >= 15 is 0 Å². The number of imidazole rings is 1. The number of benzene rings is 1. The number of pyridine rings is 1. The molecule has 0 unspecified atom stereocenters. The van der Waals surface area contributed by atoms with Crippen LogP contribution in [0.3, 0.4) is 0 Å². The van der Waals surface area contributed by atoms with Crippen LogP contribution < -0.4 is 4.74 Å². The van der Waals surface area contributed by atoms with E-state index in [4.69, 9.17) is 4.74 Å². The van der Waals surface area contributed by atoms with Crippen molar-refractivity contribution in [3.63, 3.8) is 0 Å². The van der Waals surface area contributed by atoms with Gasteiger partial charge >= 0.3 is 0 Å². The van der Waals surface area contributed by atoms with Gasteiger partial charge in [0.15, 0.2) is 0 Å². The van der Waals surface area contributed by atoms with Gasteiger partial charge in [-0.25, -0.2) is 4.98 Å². The molecule has 0 radical (unpaired) electrons. The lowest BCUT2D eigenvalue weighted by Crippen LogP contribution is -2.16. The second-order valence-corrected chi connectivity index (χ2v) is 8.77. The molecule has 0 amide bonds. The van der Waals surface area contributed by atoms with Crippen molar-refractivity contribution < 1.29 is 13.8 Å². The normalized spacial score (nSPS) is 18.4. The maximum Gasteiger partial charge on any atom is 0.223 e. The molecule has 1 aliphatic carbocycles. The topological polar surface area (TPSA) is 80.4 Å². The van der Waals surface area contributed by atoms with Gasteiger partial charge in [0.1, 0.15) is 5.75 Å². The van der Waals surface area contributed by atoms with E-state index in [0.29, 0.717) is 11.6 Å². The summed E-state index contributed by atoms with van der Waals surface area (Å²) in [7, 11) is 0.284. The monoisotopic (exact) mass is 373 g/mol. The van der Waals surface area contributed by atoms with Crippen molar-refractivity contribution in [1.29, 1.82) is 0 Å². The van der Waals surface area contributed by atoms with Crippen LogP contribution >= 0.6 is 10.6 Å². The van der Waals surface area contributed by atoms with E-state index in [1.807, 2.05) is 37.4 Å². The van der Waals surface area contributed by atoms with Crippen LogP contribution in [0.2, 0.25) is 0 Å². The minimum atomic E-state index is -3.18. The van der Waals surface area contributed by atoms with Crippen LogP contribution in [0.4, 0.5) is 0 Å². The van der Waals surface area contributed by atoms with E-state index in [9.17, 15) is 9.11 Å². The average Bonchev–Trinajstić information content (AvgIpc) is 2.85. The van der Waals surface area contributed by atoms with Crippen molar-refractivity contribution in [3.05, 3.63) is 47.8 Å². The lowest BCUT2D eigenvalue weighted by Gasteiger charge is -2.38. The summed E-state index contributed by atoms with van der Waals surface area (Å²) in [5, 5.41) is -0.160. The molecule has 4 rings (SSSR count). The molecule has 2 aromatic heterocycles. The highest BCUT2D eigenvalue weighted by molar-refractivity contribution is 8.24. The van der Waals surface area contributed by atoms with Crippen molar-refractivity contribution >= 4 is 21.6 Å². The summed E-state index contributed by atoms with van der Waals surface area (Å²) in [4.78, 5) is 9.07. The quantitative estimate of drug-likeness (QED) is 0.658. The van der Waals surface area contributed by atoms with Crippen LogP contribution in [0, 0.1) is 0 Å². The van der Waals surface area contributed by atoms with Gasteiger partial charge in [-0.2, -0.15) is 0 Å². The molecule has 0 saturated heterocycles. The lowest BCUT2D eigenvalue weighted by atomic mass is 10.1. The number of aryl methyl sites for hydroxylation is 1. The first kappa shape index (κ1) is 17.3. The molecule has 3 aromatic rings. The van der Waals surface area contributed by atoms with Crippen molar-refractivity contribution in [2.24, 2.45) is 7.05 Å². The van der Waals surface area contributed by atoms with Crippen molar-refractivity contribution in [2.75, 3.05) is 7.11 Å². The zero-order valence-electron chi connectivity index (χ0n) is 14.9. The predicted molar refractivity (Wildman–Crippen MR) is 103 cm³/mol. The Balaban J connectivity index is 1.86. The van der Waals surface area contributed by atoms with Gasteiger partial charge in [-0.3, -0.25) is 14.1 Å². The van der Waals surface area contributed by atoms with E-state index in [0.717, 1.165) is 47.3 Å². The Labute approximate surface area is 154 Å². The Hall–Kier alpha value is -2.09. The second-order valence-electron chi connectivity index (χ2n) is 6.65. The Morgan fingerprint density at radius 3 is 2.77 bits per heavy atom. The smallest absolute Gasteiger partial charge is 0.223 e. The summed E-state index contributed by atoms with van der Waals surface area (Å²) in [6, 6.07) is 9.48. The highest BCUT2D eigenvalue weighted by Gasteiger charge is 2.37. The van der Waals surface area contributed by atoms with Crippen molar-refractivity contribution in [1.82, 2.24) is 14.5 Å². The number of ether oxygens (including phenoxy) is 1. The largest absolute Gasteiger partial charge is 0.496 e. The molecule has 6 nitrogen and oxygen atoms in total. The van der Waals surface area contributed by atoms with Gasteiger partial charge < -0.3 is 9.30 Å². The molecule has 2 N–H and O–H groups in total. The zero-order valence-corrected chi connectivity index (χ0v) is 15.7. The Morgan fingerprint density at radius 2 is 2.00 bits per heavy atom. The van der Waals surface area contributed by atoms with Crippen LogP contribution in [0.15, 0.2) is 41.7 Å². The van der Waals surface area contributed by atoms with E-state index < -0.39 is 15.8 Å². The fourth-order valence-corrected chi connectivity index (χ4v) is 5.82. The summed E-state index contributed by atoms with van der Waals surface area (Å²) < 4.78 is 29.9. The molecule has 2 heterocycles. The molecule has 1 aromatic carbocycles. The summed E-state index contributed by atoms with van der Waals surface area (Å²) in [6.45, 7) is 0. The SMILES string of the molecule is COc1ccnc2c1CCCC[C@H]2S(O)(O)c1nc2ccccc2n1C. The van der Waals surface area contributed by atoms with Crippen LogP contribution in [0.1, 0.15) is 35.8 Å². The lowest BCUT2D eigenvalue weighted by molar-refractivity contribution is 0.407. The number of para-hydroxylation sites is 2. The molecule has 0 bridgehead atoms. The standard InChI is InChI=1S/C19H23N3O3S/c1-22-15-9-5-4-8-14(15)21-19(22)26(23,24)17-10-6-3-7-13-16(25-2)11-12-20-18(13)17/h4-5,8-9,11-12,17,23-24H,3,6-7,10H2,1-2H3/t17-/m1/s1. The average molecular weight is 373 g/mol. The van der Waals surface area contributed by atoms with Crippen LogP contribution in [-0.4, -0.2) is 30.8 Å². The number of rotatable bonds is 3. The molecule has 1 aliphatic rings. The third-order valence-corrected chi connectivity index (χ3v) is 7.28. The van der Waals surface area contributed by atoms with Gasteiger partial charge in [0, 0.05) is 18.8 Å². The Bertz CT molecular complexity index is 954. The minimum Gasteiger partial charge on any atom is -0.496 e. The molecule has 0 spiro atoms. The summed E-state index contributed by atoms with van der Waals surface area (Å²) >= 11 is 0. The molecule has 26 heavy (non-hydrogen) atoms. The van der Waals surface area contributed by atoms with Gasteiger partial charge in [0.2, 0.25) is 5.16 Å². The number of nitrogens with zero attached hydrogens (tertiary/aromatic N) is 3. The highest BCUT2D eigenvalue weighted by Crippen LogP contribution is 2.62. The third kappa shape index (κ3) is 2.67. The van der Waals surface area contributed by atoms with Gasteiger partial charge in [0.05, 0.1) is 29.1 Å². The Morgan fingerprint density at radius 1 is 1.19 bits per heavy atom. The molecule has 0 aliphatic heterocycles. The summed E-state index contributed by atoms with van der Waals surface area (Å²) in [6.07, 6.45) is 5.06. The molecule has 0 saturated carbocycles. The first-order valence-electron chi connectivity index (χ1n) is 8.74. The van der Waals surface area contributed by atoms with Crippen LogP contribution in [0.25, 0.3) is 11.0 Å². The number of methoxy groups -OCH3 is 1. The molecular formula is C19H23N3O3S. The first-order chi connectivity index (χ1) is 12.5. The summed E-state index contributed by atoms with van der Waals surface area (Å²) in [5.74, 6) is 0.766.